The number of carbonyl (C=O) groups excluding carboxylic acids is 1. The van der Waals surface area contributed by atoms with Crippen molar-refractivity contribution in [3.05, 3.63) is 0 Å². The van der Waals surface area contributed by atoms with Crippen molar-refractivity contribution in [2.24, 2.45) is 5.41 Å². The van der Waals surface area contributed by atoms with Crippen LogP contribution in [0.25, 0.3) is 0 Å². The van der Waals surface area contributed by atoms with Crippen LogP contribution in [0.1, 0.15) is 40.5 Å². The highest BCUT2D eigenvalue weighted by molar-refractivity contribution is 5.82. The number of nitrogens with one attached hydrogen (secondary N) is 1. The van der Waals surface area contributed by atoms with Crippen LogP contribution in [0.2, 0.25) is 0 Å². The van der Waals surface area contributed by atoms with Crippen LogP contribution in [-0.2, 0) is 9.53 Å². The van der Waals surface area contributed by atoms with E-state index in [4.69, 9.17) is 9.84 Å². The molecule has 0 saturated heterocycles. The minimum absolute atomic E-state index is 0.00333. The number of ether oxygens (including phenoxy) is 1. The number of carbonyl (C=O) groups is 1. The number of aliphatic hydroxyl groups excluding tert-OH is 1. The molecule has 0 fully saturated rings. The first-order valence-corrected chi connectivity index (χ1v) is 5.97. The van der Waals surface area contributed by atoms with Crippen LogP contribution in [-0.4, -0.2) is 36.9 Å². The monoisotopic (exact) mass is 231 g/mol. The SMILES string of the molecule is CCC(C)(CCO)C(=O)NCCOC(C)C. The van der Waals surface area contributed by atoms with Crippen molar-refractivity contribution < 1.29 is 14.6 Å². The van der Waals surface area contributed by atoms with Gasteiger partial charge in [0.05, 0.1) is 12.7 Å². The maximum absolute atomic E-state index is 11.9. The average molecular weight is 231 g/mol. The molecule has 16 heavy (non-hydrogen) atoms. The number of rotatable bonds is 8. The lowest BCUT2D eigenvalue weighted by atomic mass is 9.83. The molecule has 1 amide bonds. The Morgan fingerprint density at radius 3 is 2.56 bits per heavy atom. The van der Waals surface area contributed by atoms with Gasteiger partial charge in [-0.2, -0.15) is 0 Å². The number of hydrogen-bond acceptors (Lipinski definition) is 3. The Morgan fingerprint density at radius 1 is 1.50 bits per heavy atom. The molecule has 0 aliphatic heterocycles. The van der Waals surface area contributed by atoms with Gasteiger partial charge in [-0.05, 0) is 26.7 Å². The van der Waals surface area contributed by atoms with Gasteiger partial charge in [0.1, 0.15) is 0 Å². The Labute approximate surface area is 98.4 Å². The summed E-state index contributed by atoms with van der Waals surface area (Å²) < 4.78 is 5.33. The lowest BCUT2D eigenvalue weighted by Gasteiger charge is -2.26. The van der Waals surface area contributed by atoms with Crippen molar-refractivity contribution in [3.63, 3.8) is 0 Å². The molecule has 2 N–H and O–H groups in total. The molecule has 96 valence electrons. The van der Waals surface area contributed by atoms with Crippen LogP contribution < -0.4 is 5.32 Å². The molecule has 0 radical (unpaired) electrons. The summed E-state index contributed by atoms with van der Waals surface area (Å²) in [4.78, 5) is 11.9. The molecule has 0 saturated carbocycles. The molecule has 0 bridgehead atoms. The Hall–Kier alpha value is -0.610. The van der Waals surface area contributed by atoms with Crippen LogP contribution in [0.5, 0.6) is 0 Å². The summed E-state index contributed by atoms with van der Waals surface area (Å²) in [6, 6.07) is 0. The standard InChI is InChI=1S/C12H25NO3/c1-5-12(4,6-8-14)11(15)13-7-9-16-10(2)3/h10,14H,5-9H2,1-4H3,(H,13,15). The van der Waals surface area contributed by atoms with E-state index in [1.54, 1.807) is 0 Å². The molecule has 0 rings (SSSR count). The zero-order chi connectivity index (χ0) is 12.6. The quantitative estimate of drug-likeness (QED) is 0.620. The molecular formula is C12H25NO3. The van der Waals surface area contributed by atoms with Gasteiger partial charge in [0.2, 0.25) is 5.91 Å². The Balaban J connectivity index is 3.93. The lowest BCUT2D eigenvalue weighted by molar-refractivity contribution is -0.131. The summed E-state index contributed by atoms with van der Waals surface area (Å²) in [6.07, 6.45) is 1.41. The third-order valence-electron chi connectivity index (χ3n) is 2.83. The van der Waals surface area contributed by atoms with Gasteiger partial charge in [0.15, 0.2) is 0 Å². The Morgan fingerprint density at radius 2 is 2.12 bits per heavy atom. The largest absolute Gasteiger partial charge is 0.396 e. The van der Waals surface area contributed by atoms with Crippen molar-refractivity contribution in [1.29, 1.82) is 0 Å². The zero-order valence-electron chi connectivity index (χ0n) is 10.9. The van der Waals surface area contributed by atoms with E-state index in [1.165, 1.54) is 0 Å². The Kier molecular flexibility index (Phi) is 7.34. The van der Waals surface area contributed by atoms with E-state index < -0.39 is 5.41 Å². The van der Waals surface area contributed by atoms with Crippen molar-refractivity contribution in [1.82, 2.24) is 5.32 Å². The highest BCUT2D eigenvalue weighted by atomic mass is 16.5. The van der Waals surface area contributed by atoms with E-state index in [2.05, 4.69) is 5.32 Å². The van der Waals surface area contributed by atoms with Gasteiger partial charge in [0, 0.05) is 18.6 Å². The van der Waals surface area contributed by atoms with Gasteiger partial charge in [0.25, 0.3) is 0 Å². The minimum Gasteiger partial charge on any atom is -0.396 e. The number of hydrogen-bond donors (Lipinski definition) is 2. The zero-order valence-corrected chi connectivity index (χ0v) is 10.9. The van der Waals surface area contributed by atoms with Gasteiger partial charge >= 0.3 is 0 Å². The third kappa shape index (κ3) is 5.47. The molecule has 0 spiro atoms. The molecule has 0 heterocycles. The van der Waals surface area contributed by atoms with E-state index in [-0.39, 0.29) is 18.6 Å². The van der Waals surface area contributed by atoms with Crippen molar-refractivity contribution >= 4 is 5.91 Å². The molecule has 1 unspecified atom stereocenters. The van der Waals surface area contributed by atoms with Gasteiger partial charge in [-0.15, -0.1) is 0 Å². The van der Waals surface area contributed by atoms with Crippen molar-refractivity contribution in [3.8, 4) is 0 Å². The summed E-state index contributed by atoms with van der Waals surface area (Å²) in [5.41, 5.74) is -0.466. The number of aliphatic hydroxyl groups is 1. The number of amides is 1. The van der Waals surface area contributed by atoms with E-state index in [0.29, 0.717) is 19.6 Å². The summed E-state index contributed by atoms with van der Waals surface area (Å²) in [6.45, 7) is 8.86. The van der Waals surface area contributed by atoms with E-state index >= 15 is 0 Å². The molecule has 0 aliphatic carbocycles. The van der Waals surface area contributed by atoms with E-state index in [0.717, 1.165) is 6.42 Å². The first-order chi connectivity index (χ1) is 7.46. The molecule has 0 aliphatic rings. The van der Waals surface area contributed by atoms with Crippen LogP contribution in [0.15, 0.2) is 0 Å². The molecule has 0 aromatic carbocycles. The second-order valence-electron chi connectivity index (χ2n) is 4.56. The first-order valence-electron chi connectivity index (χ1n) is 5.97. The molecule has 1 atom stereocenters. The second-order valence-corrected chi connectivity index (χ2v) is 4.56. The van der Waals surface area contributed by atoms with Gasteiger partial charge in [-0.1, -0.05) is 13.8 Å². The summed E-state index contributed by atoms with van der Waals surface area (Å²) in [7, 11) is 0. The topological polar surface area (TPSA) is 58.6 Å². The van der Waals surface area contributed by atoms with E-state index in [1.807, 2.05) is 27.7 Å². The summed E-state index contributed by atoms with van der Waals surface area (Å²) >= 11 is 0. The molecule has 4 heteroatoms. The fourth-order valence-electron chi connectivity index (χ4n) is 1.37. The molecule has 4 nitrogen and oxygen atoms in total. The van der Waals surface area contributed by atoms with Crippen LogP contribution in [0, 0.1) is 5.41 Å². The smallest absolute Gasteiger partial charge is 0.226 e. The van der Waals surface area contributed by atoms with Crippen LogP contribution in [0.3, 0.4) is 0 Å². The first kappa shape index (κ1) is 15.4. The molecule has 0 aromatic rings. The minimum atomic E-state index is -0.466. The van der Waals surface area contributed by atoms with Crippen LogP contribution in [0.4, 0.5) is 0 Å². The molecular weight excluding hydrogens is 206 g/mol. The summed E-state index contributed by atoms with van der Waals surface area (Å²) in [5.74, 6) is -0.00333. The maximum atomic E-state index is 11.9. The van der Waals surface area contributed by atoms with Crippen molar-refractivity contribution in [2.45, 2.75) is 46.6 Å². The maximum Gasteiger partial charge on any atom is 0.226 e. The highest BCUT2D eigenvalue weighted by Crippen LogP contribution is 2.25. The van der Waals surface area contributed by atoms with Crippen molar-refractivity contribution in [2.75, 3.05) is 19.8 Å². The normalized spacial score (nSPS) is 14.9. The second kappa shape index (κ2) is 7.63. The molecule has 0 aromatic heterocycles. The van der Waals surface area contributed by atoms with Crippen LogP contribution >= 0.6 is 0 Å². The summed E-state index contributed by atoms with van der Waals surface area (Å²) in [5, 5.41) is 11.8. The highest BCUT2D eigenvalue weighted by Gasteiger charge is 2.30. The fraction of sp³-hybridized carbons (Fsp3) is 0.917. The lowest BCUT2D eigenvalue weighted by Crippen LogP contribution is -2.40. The fourth-order valence-corrected chi connectivity index (χ4v) is 1.37. The Bertz CT molecular complexity index is 206. The predicted octanol–water partition coefficient (Wildman–Crippen LogP) is 1.33. The average Bonchev–Trinajstić information content (AvgIpc) is 2.24. The van der Waals surface area contributed by atoms with Gasteiger partial charge in [-0.25, -0.2) is 0 Å². The van der Waals surface area contributed by atoms with E-state index in [9.17, 15) is 4.79 Å². The third-order valence-corrected chi connectivity index (χ3v) is 2.83. The van der Waals surface area contributed by atoms with Gasteiger partial charge in [-0.3, -0.25) is 4.79 Å². The van der Waals surface area contributed by atoms with Gasteiger partial charge < -0.3 is 15.2 Å². The predicted molar refractivity (Wildman–Crippen MR) is 64.2 cm³/mol.